The summed E-state index contributed by atoms with van der Waals surface area (Å²) < 4.78 is 0. The smallest absolute Gasteiger partial charge is 0.315 e. The van der Waals surface area contributed by atoms with E-state index in [0.717, 1.165) is 16.7 Å². The Balaban J connectivity index is 1.67. The topological polar surface area (TPSA) is 61.4 Å². The lowest BCUT2D eigenvalue weighted by molar-refractivity contribution is 0.142. The van der Waals surface area contributed by atoms with Crippen molar-refractivity contribution in [1.29, 1.82) is 0 Å². The normalized spacial score (nSPS) is 20.7. The molecular formula is C18H19ClN2O2. The van der Waals surface area contributed by atoms with Gasteiger partial charge < -0.3 is 15.7 Å². The van der Waals surface area contributed by atoms with E-state index in [0.29, 0.717) is 11.4 Å². The summed E-state index contributed by atoms with van der Waals surface area (Å²) in [5.74, 6) is 0. The van der Waals surface area contributed by atoms with Gasteiger partial charge in [0.25, 0.3) is 0 Å². The van der Waals surface area contributed by atoms with Crippen molar-refractivity contribution in [2.75, 3.05) is 0 Å². The maximum Gasteiger partial charge on any atom is 0.315 e. The van der Waals surface area contributed by atoms with Crippen LogP contribution in [-0.2, 0) is 6.42 Å². The van der Waals surface area contributed by atoms with E-state index in [-0.39, 0.29) is 18.1 Å². The Labute approximate surface area is 140 Å². The summed E-state index contributed by atoms with van der Waals surface area (Å²) in [6, 6.07) is 14.2. The zero-order valence-electron chi connectivity index (χ0n) is 12.8. The van der Waals surface area contributed by atoms with Crippen LogP contribution < -0.4 is 10.6 Å². The molecule has 0 aromatic heterocycles. The third-order valence-electron chi connectivity index (χ3n) is 4.21. The summed E-state index contributed by atoms with van der Waals surface area (Å²) in [5, 5.41) is 16.5. The van der Waals surface area contributed by atoms with Crippen LogP contribution in [0.2, 0.25) is 5.02 Å². The van der Waals surface area contributed by atoms with Crippen LogP contribution in [0.3, 0.4) is 0 Å². The molecule has 3 atom stereocenters. The average molecular weight is 331 g/mol. The number of carbonyl (C=O) groups is 1. The minimum absolute atomic E-state index is 0.225. The van der Waals surface area contributed by atoms with E-state index in [9.17, 15) is 9.90 Å². The Hall–Kier alpha value is -2.04. The SMILES string of the molecule is CC(NC(=O)NC1c2ccccc2CC1O)c1ccccc1Cl. The molecule has 0 fully saturated rings. The number of nitrogens with one attached hydrogen (secondary N) is 2. The summed E-state index contributed by atoms with van der Waals surface area (Å²) >= 11 is 6.15. The highest BCUT2D eigenvalue weighted by molar-refractivity contribution is 6.31. The number of halogens is 1. The summed E-state index contributed by atoms with van der Waals surface area (Å²) in [6.07, 6.45) is -0.0463. The minimum Gasteiger partial charge on any atom is -0.390 e. The lowest BCUT2D eigenvalue weighted by Crippen LogP contribution is -2.41. The molecule has 0 spiro atoms. The van der Waals surface area contributed by atoms with Gasteiger partial charge in [-0.15, -0.1) is 0 Å². The van der Waals surface area contributed by atoms with E-state index in [4.69, 9.17) is 11.6 Å². The third-order valence-corrected chi connectivity index (χ3v) is 4.55. The first-order valence-corrected chi connectivity index (χ1v) is 8.01. The second kappa shape index (κ2) is 6.60. The molecule has 4 nitrogen and oxygen atoms in total. The number of aliphatic hydroxyl groups excluding tert-OH is 1. The van der Waals surface area contributed by atoms with Gasteiger partial charge in [-0.3, -0.25) is 0 Å². The molecule has 0 saturated heterocycles. The van der Waals surface area contributed by atoms with Crippen molar-refractivity contribution < 1.29 is 9.90 Å². The molecule has 3 unspecified atom stereocenters. The molecule has 0 aliphatic heterocycles. The van der Waals surface area contributed by atoms with E-state index in [1.54, 1.807) is 6.07 Å². The van der Waals surface area contributed by atoms with Crippen LogP contribution >= 0.6 is 11.6 Å². The number of amides is 2. The number of rotatable bonds is 3. The minimum atomic E-state index is -0.603. The molecule has 1 aliphatic rings. The lowest BCUT2D eigenvalue weighted by atomic mass is 10.1. The highest BCUT2D eigenvalue weighted by Crippen LogP contribution is 2.31. The second-order valence-corrected chi connectivity index (χ2v) is 6.22. The molecule has 120 valence electrons. The van der Waals surface area contributed by atoms with E-state index in [1.807, 2.05) is 49.4 Å². The van der Waals surface area contributed by atoms with Crippen LogP contribution in [0.1, 0.15) is 35.7 Å². The Bertz CT molecular complexity index is 720. The molecule has 2 aromatic rings. The second-order valence-electron chi connectivity index (χ2n) is 5.81. The Morgan fingerprint density at radius 2 is 1.91 bits per heavy atom. The van der Waals surface area contributed by atoms with E-state index in [2.05, 4.69) is 10.6 Å². The summed E-state index contributed by atoms with van der Waals surface area (Å²) in [5.41, 5.74) is 2.90. The van der Waals surface area contributed by atoms with Gasteiger partial charge >= 0.3 is 6.03 Å². The van der Waals surface area contributed by atoms with Crippen LogP contribution in [0.4, 0.5) is 4.79 Å². The number of aliphatic hydroxyl groups is 1. The van der Waals surface area contributed by atoms with Crippen molar-refractivity contribution in [3.63, 3.8) is 0 Å². The number of hydrogen-bond donors (Lipinski definition) is 3. The molecule has 0 saturated carbocycles. The Kier molecular flexibility index (Phi) is 4.55. The summed E-state index contributed by atoms with van der Waals surface area (Å²) in [4.78, 5) is 12.3. The van der Waals surface area contributed by atoms with Gasteiger partial charge in [0, 0.05) is 11.4 Å². The lowest BCUT2D eigenvalue weighted by Gasteiger charge is -2.21. The molecule has 0 bridgehead atoms. The summed E-state index contributed by atoms with van der Waals surface area (Å²) in [6.45, 7) is 1.87. The largest absolute Gasteiger partial charge is 0.390 e. The predicted molar refractivity (Wildman–Crippen MR) is 90.4 cm³/mol. The standard InChI is InChI=1S/C18H19ClN2O2/c1-11(13-7-4-5-9-15(13)19)20-18(23)21-17-14-8-3-2-6-12(14)10-16(17)22/h2-9,11,16-17,22H,10H2,1H3,(H2,20,21,23). The van der Waals surface area contributed by atoms with E-state index in [1.165, 1.54) is 0 Å². The van der Waals surface area contributed by atoms with Crippen LogP contribution in [0.5, 0.6) is 0 Å². The molecule has 3 rings (SSSR count). The molecule has 5 heteroatoms. The number of carbonyl (C=O) groups excluding carboxylic acids is 1. The number of benzene rings is 2. The van der Waals surface area contributed by atoms with Crippen molar-refractivity contribution in [2.24, 2.45) is 0 Å². The van der Waals surface area contributed by atoms with Crippen molar-refractivity contribution in [2.45, 2.75) is 31.5 Å². The van der Waals surface area contributed by atoms with E-state index >= 15 is 0 Å². The zero-order chi connectivity index (χ0) is 16.4. The fraction of sp³-hybridized carbons (Fsp3) is 0.278. The molecule has 2 amide bonds. The molecule has 1 aliphatic carbocycles. The molecular weight excluding hydrogens is 312 g/mol. The average Bonchev–Trinajstić information content (AvgIpc) is 2.83. The molecule has 0 radical (unpaired) electrons. The van der Waals surface area contributed by atoms with Crippen molar-refractivity contribution in [1.82, 2.24) is 10.6 Å². The van der Waals surface area contributed by atoms with Gasteiger partial charge in [0.15, 0.2) is 0 Å². The maximum atomic E-state index is 12.3. The molecule has 0 heterocycles. The van der Waals surface area contributed by atoms with Gasteiger partial charge in [0.05, 0.1) is 18.2 Å². The van der Waals surface area contributed by atoms with Gasteiger partial charge in [0.2, 0.25) is 0 Å². The van der Waals surface area contributed by atoms with Gasteiger partial charge in [-0.2, -0.15) is 0 Å². The number of hydrogen-bond acceptors (Lipinski definition) is 2. The monoisotopic (exact) mass is 330 g/mol. The molecule has 2 aromatic carbocycles. The van der Waals surface area contributed by atoms with Gasteiger partial charge in [-0.05, 0) is 29.7 Å². The van der Waals surface area contributed by atoms with Crippen molar-refractivity contribution in [3.05, 3.63) is 70.2 Å². The molecule has 23 heavy (non-hydrogen) atoms. The Morgan fingerprint density at radius 1 is 1.22 bits per heavy atom. The summed E-state index contributed by atoms with van der Waals surface area (Å²) in [7, 11) is 0. The van der Waals surface area contributed by atoms with Crippen molar-refractivity contribution in [3.8, 4) is 0 Å². The van der Waals surface area contributed by atoms with E-state index < -0.39 is 6.10 Å². The highest BCUT2D eigenvalue weighted by atomic mass is 35.5. The molecule has 3 N–H and O–H groups in total. The number of fused-ring (bicyclic) bond motifs is 1. The quantitative estimate of drug-likeness (QED) is 0.808. The van der Waals surface area contributed by atoms with Crippen LogP contribution in [-0.4, -0.2) is 17.2 Å². The number of urea groups is 1. The van der Waals surface area contributed by atoms with Crippen LogP contribution in [0.15, 0.2) is 48.5 Å². The predicted octanol–water partition coefficient (Wildman–Crippen LogP) is 3.36. The van der Waals surface area contributed by atoms with Gasteiger partial charge in [0.1, 0.15) is 0 Å². The third kappa shape index (κ3) is 3.33. The van der Waals surface area contributed by atoms with Gasteiger partial charge in [-0.25, -0.2) is 4.79 Å². The van der Waals surface area contributed by atoms with Crippen LogP contribution in [0.25, 0.3) is 0 Å². The van der Waals surface area contributed by atoms with Crippen LogP contribution in [0, 0.1) is 0 Å². The van der Waals surface area contributed by atoms with Gasteiger partial charge in [-0.1, -0.05) is 54.1 Å². The highest BCUT2D eigenvalue weighted by Gasteiger charge is 2.32. The zero-order valence-corrected chi connectivity index (χ0v) is 13.5. The maximum absolute atomic E-state index is 12.3. The first kappa shape index (κ1) is 15.8. The fourth-order valence-electron chi connectivity index (χ4n) is 3.03. The first-order valence-electron chi connectivity index (χ1n) is 7.63. The Morgan fingerprint density at radius 3 is 2.70 bits per heavy atom. The first-order chi connectivity index (χ1) is 11.1. The fourth-order valence-corrected chi connectivity index (χ4v) is 3.33. The van der Waals surface area contributed by atoms with Crippen molar-refractivity contribution >= 4 is 17.6 Å².